The number of halogens is 2. The fourth-order valence-corrected chi connectivity index (χ4v) is 4.22. The molecule has 4 aromatic carbocycles. The van der Waals surface area contributed by atoms with Gasteiger partial charge in [0.25, 0.3) is 10.3 Å². The molecule has 0 unspecified atom stereocenters. The molecular formula is C25H19Cl2N2+. The summed E-state index contributed by atoms with van der Waals surface area (Å²) in [5.41, 5.74) is 2.38. The third kappa shape index (κ3) is 3.62. The highest BCUT2D eigenvalue weighted by Crippen LogP contribution is 2.23. The van der Waals surface area contributed by atoms with Crippen molar-refractivity contribution in [3.8, 4) is 0 Å². The van der Waals surface area contributed by atoms with Crippen LogP contribution >= 0.6 is 23.2 Å². The van der Waals surface area contributed by atoms with E-state index in [-0.39, 0.29) is 0 Å². The van der Waals surface area contributed by atoms with E-state index in [9.17, 15) is 0 Å². The molecule has 0 atom stereocenters. The number of hydrogen-bond donors (Lipinski definition) is 0. The Kier molecular flexibility index (Phi) is 4.75. The van der Waals surface area contributed by atoms with Crippen LogP contribution in [0.5, 0.6) is 0 Å². The molecule has 0 spiro atoms. The van der Waals surface area contributed by atoms with Crippen LogP contribution in [0.2, 0.25) is 10.3 Å². The van der Waals surface area contributed by atoms with Gasteiger partial charge in [-0.15, -0.1) is 0 Å². The fourth-order valence-electron chi connectivity index (χ4n) is 3.79. The molecule has 0 fully saturated rings. The maximum absolute atomic E-state index is 6.55. The van der Waals surface area contributed by atoms with Gasteiger partial charge >= 0.3 is 0 Å². The number of aromatic nitrogens is 2. The highest BCUT2D eigenvalue weighted by molar-refractivity contribution is 6.39. The van der Waals surface area contributed by atoms with Gasteiger partial charge in [0.1, 0.15) is 13.1 Å². The van der Waals surface area contributed by atoms with E-state index in [0.717, 1.165) is 0 Å². The number of hydrogen-bond acceptors (Lipinski definition) is 0. The first kappa shape index (κ1) is 18.2. The van der Waals surface area contributed by atoms with Crippen LogP contribution in [0.1, 0.15) is 11.1 Å². The zero-order valence-electron chi connectivity index (χ0n) is 15.7. The normalized spacial score (nSPS) is 11.4. The molecule has 0 amide bonds. The Morgan fingerprint density at radius 2 is 1.21 bits per heavy atom. The minimum absolute atomic E-state index is 0.556. The highest BCUT2D eigenvalue weighted by Gasteiger charge is 2.20. The van der Waals surface area contributed by atoms with Gasteiger partial charge < -0.3 is 0 Å². The lowest BCUT2D eigenvalue weighted by Gasteiger charge is -2.03. The average Bonchev–Trinajstić information content (AvgIpc) is 3.01. The van der Waals surface area contributed by atoms with Crippen LogP contribution < -0.4 is 4.57 Å². The molecule has 2 nitrogen and oxygen atoms in total. The predicted octanol–water partition coefficient (Wildman–Crippen LogP) is 6.49. The fraction of sp³-hybridized carbons (Fsp3) is 0.0800. The van der Waals surface area contributed by atoms with Crippen molar-refractivity contribution in [1.29, 1.82) is 0 Å². The number of fused-ring (bicyclic) bond motifs is 2. The molecule has 5 aromatic rings. The van der Waals surface area contributed by atoms with Gasteiger partial charge in [0.05, 0.1) is 0 Å². The van der Waals surface area contributed by atoms with Gasteiger partial charge in [-0.1, -0.05) is 72.8 Å². The van der Waals surface area contributed by atoms with Crippen LogP contribution in [0.3, 0.4) is 0 Å². The SMILES string of the molecule is Clc1c(Cl)[n+](Cc2ccc3ccccc3c2)cn1Cc1ccc2ccccc2c1. The number of nitrogens with zero attached hydrogens (tertiary/aromatic N) is 2. The van der Waals surface area contributed by atoms with Crippen molar-refractivity contribution in [3.63, 3.8) is 0 Å². The van der Waals surface area contributed by atoms with Crippen molar-refractivity contribution in [2.24, 2.45) is 0 Å². The molecule has 1 heterocycles. The molecular weight excluding hydrogens is 399 g/mol. The number of imidazole rings is 1. The van der Waals surface area contributed by atoms with Gasteiger partial charge in [-0.2, -0.15) is 0 Å². The molecule has 0 aliphatic heterocycles. The summed E-state index contributed by atoms with van der Waals surface area (Å²) in [4.78, 5) is 0. The summed E-state index contributed by atoms with van der Waals surface area (Å²) in [6, 6.07) is 29.7. The quantitative estimate of drug-likeness (QED) is 0.295. The van der Waals surface area contributed by atoms with Crippen molar-refractivity contribution in [2.75, 3.05) is 0 Å². The molecule has 0 saturated carbocycles. The minimum Gasteiger partial charge on any atom is -0.215 e. The second-order valence-electron chi connectivity index (χ2n) is 7.32. The zero-order valence-corrected chi connectivity index (χ0v) is 17.2. The van der Waals surface area contributed by atoms with Gasteiger partial charge in [0, 0.05) is 0 Å². The van der Waals surface area contributed by atoms with Crippen molar-refractivity contribution in [2.45, 2.75) is 13.1 Å². The first-order valence-electron chi connectivity index (χ1n) is 9.56. The Bertz CT molecular complexity index is 1240. The first-order chi connectivity index (χ1) is 14.2. The molecule has 29 heavy (non-hydrogen) atoms. The lowest BCUT2D eigenvalue weighted by molar-refractivity contribution is -0.685. The van der Waals surface area contributed by atoms with E-state index in [2.05, 4.69) is 84.9 Å². The van der Waals surface area contributed by atoms with Gasteiger partial charge in [0.15, 0.2) is 0 Å². The van der Waals surface area contributed by atoms with Crippen molar-refractivity contribution < 1.29 is 4.57 Å². The maximum atomic E-state index is 6.55. The molecule has 142 valence electrons. The largest absolute Gasteiger partial charge is 0.255 e. The zero-order chi connectivity index (χ0) is 19.8. The summed E-state index contributed by atoms with van der Waals surface area (Å²) in [6.07, 6.45) is 2.00. The summed E-state index contributed by atoms with van der Waals surface area (Å²) in [5, 5.41) is 6.03. The van der Waals surface area contributed by atoms with Crippen molar-refractivity contribution >= 4 is 44.7 Å². The van der Waals surface area contributed by atoms with Crippen LogP contribution in [0, 0.1) is 0 Å². The van der Waals surface area contributed by atoms with E-state index in [1.165, 1.54) is 32.7 Å². The van der Waals surface area contributed by atoms with Crippen LogP contribution in [0.15, 0.2) is 91.3 Å². The molecule has 0 aliphatic rings. The highest BCUT2D eigenvalue weighted by atomic mass is 35.5. The van der Waals surface area contributed by atoms with Crippen LogP contribution in [-0.4, -0.2) is 4.57 Å². The van der Waals surface area contributed by atoms with Gasteiger partial charge in [-0.3, -0.25) is 0 Å². The molecule has 4 heteroatoms. The Balaban J connectivity index is 1.43. The van der Waals surface area contributed by atoms with Gasteiger partial charge in [0.2, 0.25) is 6.33 Å². The minimum atomic E-state index is 0.556. The van der Waals surface area contributed by atoms with Gasteiger partial charge in [-0.05, 0) is 68.0 Å². The molecule has 0 bridgehead atoms. The lowest BCUT2D eigenvalue weighted by Crippen LogP contribution is -2.33. The molecule has 5 rings (SSSR count). The monoisotopic (exact) mass is 417 g/mol. The molecule has 0 aliphatic carbocycles. The van der Waals surface area contributed by atoms with E-state index < -0.39 is 0 Å². The Morgan fingerprint density at radius 1 is 0.655 bits per heavy atom. The number of rotatable bonds is 4. The standard InChI is InChI=1S/C25H19Cl2N2/c26-24-25(27)29(16-19-10-12-21-6-2-4-8-23(21)14-19)17-28(24)15-18-9-11-20-5-1-3-7-22(20)13-18/h1-14,17H,15-16H2/q+1. The van der Waals surface area contributed by atoms with E-state index in [4.69, 9.17) is 23.2 Å². The van der Waals surface area contributed by atoms with E-state index in [0.29, 0.717) is 23.4 Å². The van der Waals surface area contributed by atoms with E-state index in [1.807, 2.05) is 15.5 Å². The van der Waals surface area contributed by atoms with E-state index in [1.54, 1.807) is 0 Å². The first-order valence-corrected chi connectivity index (χ1v) is 10.3. The summed E-state index contributed by atoms with van der Waals surface area (Å²) in [7, 11) is 0. The summed E-state index contributed by atoms with van der Waals surface area (Å²) < 4.78 is 3.99. The maximum Gasteiger partial charge on any atom is 0.255 e. The third-order valence-corrected chi connectivity index (χ3v) is 6.18. The van der Waals surface area contributed by atoms with Crippen LogP contribution in [-0.2, 0) is 13.1 Å². The molecule has 0 N–H and O–H groups in total. The summed E-state index contributed by atoms with van der Waals surface area (Å²) in [5.74, 6) is 0. The topological polar surface area (TPSA) is 8.81 Å². The Hall–Kier alpha value is -2.81. The second kappa shape index (κ2) is 7.55. The summed E-state index contributed by atoms with van der Waals surface area (Å²) >= 11 is 13.1. The molecule has 1 aromatic heterocycles. The molecule has 0 saturated heterocycles. The second-order valence-corrected chi connectivity index (χ2v) is 8.03. The summed E-state index contributed by atoms with van der Waals surface area (Å²) in [6.45, 7) is 1.35. The van der Waals surface area contributed by atoms with Crippen molar-refractivity contribution in [3.05, 3.63) is 113 Å². The van der Waals surface area contributed by atoms with Crippen LogP contribution in [0.4, 0.5) is 0 Å². The van der Waals surface area contributed by atoms with Gasteiger partial charge in [-0.25, -0.2) is 9.13 Å². The lowest BCUT2D eigenvalue weighted by atomic mass is 10.1. The smallest absolute Gasteiger partial charge is 0.215 e. The van der Waals surface area contributed by atoms with Crippen LogP contribution in [0.25, 0.3) is 21.5 Å². The third-order valence-electron chi connectivity index (χ3n) is 5.29. The Morgan fingerprint density at radius 3 is 1.86 bits per heavy atom. The number of benzene rings is 4. The molecule has 0 radical (unpaired) electrons. The predicted molar refractivity (Wildman–Crippen MR) is 121 cm³/mol. The van der Waals surface area contributed by atoms with Crippen molar-refractivity contribution in [1.82, 2.24) is 4.57 Å². The Labute approximate surface area is 179 Å². The van der Waals surface area contributed by atoms with E-state index >= 15 is 0 Å². The average molecular weight is 418 g/mol.